The van der Waals surface area contributed by atoms with Gasteiger partial charge in [-0.25, -0.2) is 0 Å². The number of rotatable bonds is 4. The lowest BCUT2D eigenvalue weighted by atomic mass is 9.87. The molecule has 0 aliphatic carbocycles. The van der Waals surface area contributed by atoms with Crippen LogP contribution in [0.1, 0.15) is 0 Å². The van der Waals surface area contributed by atoms with Gasteiger partial charge in [0, 0.05) is 16.8 Å². The van der Waals surface area contributed by atoms with Gasteiger partial charge in [-0.15, -0.1) is 0 Å². The Bertz CT molecular complexity index is 3360. The zero-order valence-corrected chi connectivity index (χ0v) is 29.3. The summed E-state index contributed by atoms with van der Waals surface area (Å²) >= 11 is 0. The van der Waals surface area contributed by atoms with E-state index in [1.807, 2.05) is 91.0 Å². The van der Waals surface area contributed by atoms with Gasteiger partial charge in [0.15, 0.2) is 5.58 Å². The molecule has 0 fully saturated rings. The van der Waals surface area contributed by atoms with Crippen molar-refractivity contribution in [1.29, 1.82) is 0 Å². The quantitative estimate of drug-likeness (QED) is 0.171. The van der Waals surface area contributed by atoms with Gasteiger partial charge in [-0.2, -0.15) is 0 Å². The second-order valence-electron chi connectivity index (χ2n) is 13.9. The molecule has 0 N–H and O–H groups in total. The summed E-state index contributed by atoms with van der Waals surface area (Å²) in [5.74, 6) is 0. The van der Waals surface area contributed by atoms with E-state index < -0.39 is 0 Å². The van der Waals surface area contributed by atoms with Gasteiger partial charge in [-0.3, -0.25) is 9.59 Å². The molecule has 11 rings (SSSR count). The second-order valence-corrected chi connectivity index (χ2v) is 13.9. The van der Waals surface area contributed by atoms with Gasteiger partial charge in [0.25, 0.3) is 0 Å². The second kappa shape index (κ2) is 12.0. The SMILES string of the molecule is O=c1c2ccc(-c3c(-c4ccccc4)cccc3-c3ccccc3)cc2oc2cc3oc4c(-n5c6ccccc6c6ccccc65)cccc4c(=O)c3cc12. The van der Waals surface area contributed by atoms with Crippen LogP contribution in [-0.4, -0.2) is 4.57 Å². The van der Waals surface area contributed by atoms with Gasteiger partial charge in [0.2, 0.25) is 10.9 Å². The number of aromatic nitrogens is 1. The topological polar surface area (TPSA) is 65.3 Å². The lowest BCUT2D eigenvalue weighted by Gasteiger charge is -2.17. The van der Waals surface area contributed by atoms with Crippen LogP contribution in [0.3, 0.4) is 0 Å². The number of hydrogen-bond acceptors (Lipinski definition) is 4. The number of fused-ring (bicyclic) bond motifs is 7. The molecule has 258 valence electrons. The average molecular weight is 708 g/mol. The summed E-state index contributed by atoms with van der Waals surface area (Å²) in [6.07, 6.45) is 0. The standard InChI is InChI=1S/C50H29NO4/c52-48-37-26-25-32(47-33(30-13-3-1-4-14-30)19-11-20-34(47)31-15-5-2-6-16-31)27-44(37)54-45-29-46-40(28-39(45)48)49(53)38-21-12-24-43(50(38)55-46)51-41-22-9-7-17-35(41)36-18-8-10-23-42(36)51/h1-29H. The smallest absolute Gasteiger partial charge is 0.200 e. The molecule has 5 nitrogen and oxygen atoms in total. The van der Waals surface area contributed by atoms with Crippen molar-refractivity contribution in [3.63, 3.8) is 0 Å². The van der Waals surface area contributed by atoms with Crippen LogP contribution in [0, 0.1) is 0 Å². The molecule has 5 heteroatoms. The van der Waals surface area contributed by atoms with Crippen LogP contribution in [0.25, 0.3) is 105 Å². The Hall–Kier alpha value is -7.50. The molecule has 0 saturated heterocycles. The zero-order chi connectivity index (χ0) is 36.6. The van der Waals surface area contributed by atoms with Crippen molar-refractivity contribution in [3.05, 3.63) is 196 Å². The Morgan fingerprint density at radius 1 is 0.364 bits per heavy atom. The third-order valence-corrected chi connectivity index (χ3v) is 10.8. The monoisotopic (exact) mass is 707 g/mol. The highest BCUT2D eigenvalue weighted by Crippen LogP contribution is 2.41. The van der Waals surface area contributed by atoms with Gasteiger partial charge >= 0.3 is 0 Å². The van der Waals surface area contributed by atoms with Crippen LogP contribution in [0.2, 0.25) is 0 Å². The van der Waals surface area contributed by atoms with Crippen LogP contribution in [0.5, 0.6) is 0 Å². The molecule has 0 aliphatic heterocycles. The third-order valence-electron chi connectivity index (χ3n) is 10.8. The molecule has 0 bridgehead atoms. The van der Waals surface area contributed by atoms with Crippen molar-refractivity contribution in [2.75, 3.05) is 0 Å². The van der Waals surface area contributed by atoms with E-state index in [4.69, 9.17) is 8.83 Å². The minimum atomic E-state index is -0.207. The lowest BCUT2D eigenvalue weighted by Crippen LogP contribution is -2.07. The maximum atomic E-state index is 14.3. The number of para-hydroxylation sites is 3. The van der Waals surface area contributed by atoms with E-state index in [1.54, 1.807) is 18.2 Å². The van der Waals surface area contributed by atoms with Crippen molar-refractivity contribution in [2.24, 2.45) is 0 Å². The fourth-order valence-electron chi connectivity index (χ4n) is 8.30. The van der Waals surface area contributed by atoms with E-state index in [1.165, 1.54) is 0 Å². The third kappa shape index (κ3) is 4.73. The molecule has 0 atom stereocenters. The number of hydrogen-bond donors (Lipinski definition) is 0. The predicted octanol–water partition coefficient (Wildman–Crippen LogP) is 12.3. The van der Waals surface area contributed by atoms with Crippen LogP contribution in [-0.2, 0) is 0 Å². The van der Waals surface area contributed by atoms with E-state index in [-0.39, 0.29) is 10.9 Å². The van der Waals surface area contributed by atoms with Crippen molar-refractivity contribution in [1.82, 2.24) is 4.57 Å². The lowest BCUT2D eigenvalue weighted by molar-refractivity contribution is 0.645. The minimum absolute atomic E-state index is 0.206. The van der Waals surface area contributed by atoms with E-state index in [0.29, 0.717) is 43.9 Å². The molecule has 0 saturated carbocycles. The molecule has 0 radical (unpaired) electrons. The molecule has 0 unspecified atom stereocenters. The minimum Gasteiger partial charge on any atom is -0.456 e. The first-order valence-electron chi connectivity index (χ1n) is 18.3. The highest BCUT2D eigenvalue weighted by Gasteiger charge is 2.20. The molecular formula is C50H29NO4. The van der Waals surface area contributed by atoms with Crippen molar-refractivity contribution in [3.8, 4) is 39.1 Å². The molecule has 3 aromatic heterocycles. The fourth-order valence-corrected chi connectivity index (χ4v) is 8.30. The summed E-state index contributed by atoms with van der Waals surface area (Å²) in [4.78, 5) is 28.4. The van der Waals surface area contributed by atoms with Crippen molar-refractivity contribution in [2.45, 2.75) is 0 Å². The molecule has 3 heterocycles. The summed E-state index contributed by atoms with van der Waals surface area (Å²) in [6, 6.07) is 58.1. The number of benzene rings is 8. The largest absolute Gasteiger partial charge is 0.456 e. The Balaban J connectivity index is 1.15. The van der Waals surface area contributed by atoms with E-state index >= 15 is 0 Å². The van der Waals surface area contributed by atoms with E-state index in [2.05, 4.69) is 71.3 Å². The highest BCUT2D eigenvalue weighted by molar-refractivity contribution is 6.11. The van der Waals surface area contributed by atoms with Crippen LogP contribution < -0.4 is 10.9 Å². The van der Waals surface area contributed by atoms with Gasteiger partial charge < -0.3 is 13.4 Å². The first kappa shape index (κ1) is 31.1. The first-order valence-corrected chi connectivity index (χ1v) is 18.3. The van der Waals surface area contributed by atoms with E-state index in [0.717, 1.165) is 60.9 Å². The average Bonchev–Trinajstić information content (AvgIpc) is 3.57. The maximum absolute atomic E-state index is 14.3. The first-order chi connectivity index (χ1) is 27.1. The Labute approximate surface area is 313 Å². The normalized spacial score (nSPS) is 11.8. The zero-order valence-electron chi connectivity index (χ0n) is 29.3. The Kier molecular flexibility index (Phi) is 6.79. The summed E-state index contributed by atoms with van der Waals surface area (Å²) in [5, 5.41) is 3.75. The van der Waals surface area contributed by atoms with Gasteiger partial charge in [-0.1, -0.05) is 127 Å². The van der Waals surface area contributed by atoms with Gasteiger partial charge in [-0.05, 0) is 75.8 Å². The highest BCUT2D eigenvalue weighted by atomic mass is 16.3. The molecule has 55 heavy (non-hydrogen) atoms. The number of nitrogens with zero attached hydrogens (tertiary/aromatic N) is 1. The van der Waals surface area contributed by atoms with Crippen molar-refractivity contribution < 1.29 is 8.83 Å². The van der Waals surface area contributed by atoms with E-state index in [9.17, 15) is 9.59 Å². The van der Waals surface area contributed by atoms with Gasteiger partial charge in [0.1, 0.15) is 16.7 Å². The van der Waals surface area contributed by atoms with Crippen LogP contribution >= 0.6 is 0 Å². The predicted molar refractivity (Wildman–Crippen MR) is 224 cm³/mol. The summed E-state index contributed by atoms with van der Waals surface area (Å²) in [7, 11) is 0. The summed E-state index contributed by atoms with van der Waals surface area (Å²) < 4.78 is 15.4. The van der Waals surface area contributed by atoms with Crippen molar-refractivity contribution >= 4 is 65.7 Å². The summed E-state index contributed by atoms with van der Waals surface area (Å²) in [6.45, 7) is 0. The maximum Gasteiger partial charge on any atom is 0.200 e. The fraction of sp³-hybridized carbons (Fsp3) is 0. The molecule has 0 aliphatic rings. The molecule has 8 aromatic carbocycles. The van der Waals surface area contributed by atoms with Gasteiger partial charge in [0.05, 0.1) is 38.3 Å². The van der Waals surface area contributed by atoms with Crippen LogP contribution in [0.15, 0.2) is 194 Å². The molecule has 0 spiro atoms. The van der Waals surface area contributed by atoms with Crippen LogP contribution in [0.4, 0.5) is 0 Å². The Morgan fingerprint density at radius 2 is 0.891 bits per heavy atom. The molecular weight excluding hydrogens is 679 g/mol. The summed E-state index contributed by atoms with van der Waals surface area (Å²) in [5.41, 5.74) is 10.2. The molecule has 0 amide bonds. The molecule has 11 aromatic rings. The Morgan fingerprint density at radius 3 is 1.55 bits per heavy atom.